The molecular formula is C10H20N4O. The Hall–Kier alpha value is -1.23. The van der Waals surface area contributed by atoms with Gasteiger partial charge in [-0.05, 0) is 13.3 Å². The van der Waals surface area contributed by atoms with Gasteiger partial charge in [0.1, 0.15) is 5.82 Å². The lowest BCUT2D eigenvalue weighted by atomic mass is 10.3. The monoisotopic (exact) mass is 212 g/mol. The van der Waals surface area contributed by atoms with E-state index in [2.05, 4.69) is 15.7 Å². The fraction of sp³-hybridized carbons (Fsp3) is 0.700. The topological polar surface area (TPSA) is 62.1 Å². The zero-order valence-electron chi connectivity index (χ0n) is 9.62. The van der Waals surface area contributed by atoms with Crippen molar-refractivity contribution in [2.75, 3.05) is 24.2 Å². The van der Waals surface area contributed by atoms with Gasteiger partial charge in [-0.2, -0.15) is 5.10 Å². The molecule has 1 unspecified atom stereocenters. The van der Waals surface area contributed by atoms with Gasteiger partial charge in [-0.3, -0.25) is 0 Å². The van der Waals surface area contributed by atoms with Gasteiger partial charge in [0.05, 0.1) is 24.5 Å². The molecule has 5 heteroatoms. The Labute approximate surface area is 90.5 Å². The van der Waals surface area contributed by atoms with Crippen molar-refractivity contribution in [2.24, 2.45) is 0 Å². The van der Waals surface area contributed by atoms with E-state index >= 15 is 0 Å². The standard InChI is InChI=1S/C10H20N4O/c1-4-8(15)7-14-10(12-5-2)9(11-3)6-13-14/h6,8,11-12,15H,4-5,7H2,1-3H3. The third-order valence-electron chi connectivity index (χ3n) is 2.31. The number of nitrogens with zero attached hydrogens (tertiary/aromatic N) is 2. The molecule has 0 aliphatic rings. The minimum absolute atomic E-state index is 0.341. The van der Waals surface area contributed by atoms with E-state index in [1.165, 1.54) is 0 Å². The maximum absolute atomic E-state index is 9.58. The molecule has 1 rings (SSSR count). The van der Waals surface area contributed by atoms with Gasteiger partial charge in [-0.25, -0.2) is 4.68 Å². The predicted octanol–water partition coefficient (Wildman–Crippen LogP) is 1.13. The Kier molecular flexibility index (Phi) is 4.42. The lowest BCUT2D eigenvalue weighted by molar-refractivity contribution is 0.146. The second-order valence-corrected chi connectivity index (χ2v) is 3.43. The van der Waals surface area contributed by atoms with Gasteiger partial charge in [0.15, 0.2) is 0 Å². The van der Waals surface area contributed by atoms with Crippen LogP contribution in [0.25, 0.3) is 0 Å². The smallest absolute Gasteiger partial charge is 0.148 e. The number of aromatic nitrogens is 2. The zero-order valence-corrected chi connectivity index (χ0v) is 9.62. The molecule has 1 aromatic heterocycles. The van der Waals surface area contributed by atoms with Gasteiger partial charge in [-0.1, -0.05) is 6.92 Å². The van der Waals surface area contributed by atoms with Gasteiger partial charge in [-0.15, -0.1) is 0 Å². The molecule has 0 bridgehead atoms. The molecule has 0 aliphatic heterocycles. The normalized spacial score (nSPS) is 12.5. The average Bonchev–Trinajstić information content (AvgIpc) is 2.61. The quantitative estimate of drug-likeness (QED) is 0.661. The molecule has 1 aromatic rings. The summed E-state index contributed by atoms with van der Waals surface area (Å²) < 4.78 is 1.80. The van der Waals surface area contributed by atoms with Crippen LogP contribution in [-0.4, -0.2) is 34.6 Å². The summed E-state index contributed by atoms with van der Waals surface area (Å²) in [5.41, 5.74) is 0.958. The van der Waals surface area contributed by atoms with Crippen molar-refractivity contribution in [3.63, 3.8) is 0 Å². The lowest BCUT2D eigenvalue weighted by Gasteiger charge is -2.13. The maximum Gasteiger partial charge on any atom is 0.148 e. The Morgan fingerprint density at radius 1 is 1.53 bits per heavy atom. The summed E-state index contributed by atoms with van der Waals surface area (Å²) in [7, 11) is 1.86. The highest BCUT2D eigenvalue weighted by molar-refractivity contribution is 5.63. The molecule has 3 N–H and O–H groups in total. The molecular weight excluding hydrogens is 192 g/mol. The van der Waals surface area contributed by atoms with Gasteiger partial charge in [0, 0.05) is 13.6 Å². The van der Waals surface area contributed by atoms with E-state index < -0.39 is 0 Å². The molecule has 0 aliphatic carbocycles. The average molecular weight is 212 g/mol. The first-order valence-electron chi connectivity index (χ1n) is 5.38. The highest BCUT2D eigenvalue weighted by Crippen LogP contribution is 2.20. The van der Waals surface area contributed by atoms with E-state index in [4.69, 9.17) is 0 Å². The Balaban J connectivity index is 2.81. The second-order valence-electron chi connectivity index (χ2n) is 3.43. The van der Waals surface area contributed by atoms with Crippen LogP contribution in [0.3, 0.4) is 0 Å². The maximum atomic E-state index is 9.58. The minimum Gasteiger partial charge on any atom is -0.391 e. The Bertz CT molecular complexity index is 298. The van der Waals surface area contributed by atoms with Gasteiger partial charge in [0.25, 0.3) is 0 Å². The number of hydrogen-bond acceptors (Lipinski definition) is 4. The fourth-order valence-electron chi connectivity index (χ4n) is 1.39. The van der Waals surface area contributed by atoms with Crippen LogP contribution < -0.4 is 10.6 Å². The zero-order chi connectivity index (χ0) is 11.3. The van der Waals surface area contributed by atoms with Crippen LogP contribution in [0, 0.1) is 0 Å². The summed E-state index contributed by atoms with van der Waals surface area (Å²) in [5, 5.41) is 20.1. The van der Waals surface area contributed by atoms with Crippen LogP contribution in [0.5, 0.6) is 0 Å². The molecule has 0 spiro atoms. The number of aliphatic hydroxyl groups is 1. The predicted molar refractivity (Wildman–Crippen MR) is 62.2 cm³/mol. The first-order valence-corrected chi connectivity index (χ1v) is 5.38. The summed E-state index contributed by atoms with van der Waals surface area (Å²) in [5.74, 6) is 0.938. The van der Waals surface area contributed by atoms with Crippen LogP contribution in [0.4, 0.5) is 11.5 Å². The molecule has 0 aromatic carbocycles. The molecule has 1 atom stereocenters. The molecule has 86 valence electrons. The second kappa shape index (κ2) is 5.60. The van der Waals surface area contributed by atoms with Crippen molar-refractivity contribution in [3.8, 4) is 0 Å². The number of aliphatic hydroxyl groups excluding tert-OH is 1. The van der Waals surface area contributed by atoms with Crippen LogP contribution in [-0.2, 0) is 6.54 Å². The fourth-order valence-corrected chi connectivity index (χ4v) is 1.39. The summed E-state index contributed by atoms with van der Waals surface area (Å²) in [6, 6.07) is 0. The van der Waals surface area contributed by atoms with Crippen LogP contribution in [0.2, 0.25) is 0 Å². The third-order valence-corrected chi connectivity index (χ3v) is 2.31. The van der Waals surface area contributed by atoms with Crippen molar-refractivity contribution < 1.29 is 5.11 Å². The molecule has 0 amide bonds. The first-order chi connectivity index (χ1) is 7.22. The van der Waals surface area contributed by atoms with E-state index in [1.807, 2.05) is 20.9 Å². The molecule has 0 saturated carbocycles. The third kappa shape index (κ3) is 2.86. The summed E-state index contributed by atoms with van der Waals surface area (Å²) in [6.07, 6.45) is 2.16. The van der Waals surface area contributed by atoms with E-state index in [1.54, 1.807) is 10.9 Å². The number of rotatable bonds is 6. The highest BCUT2D eigenvalue weighted by atomic mass is 16.3. The lowest BCUT2D eigenvalue weighted by Crippen LogP contribution is -2.18. The van der Waals surface area contributed by atoms with Crippen molar-refractivity contribution in [1.82, 2.24) is 9.78 Å². The van der Waals surface area contributed by atoms with E-state index in [0.29, 0.717) is 6.54 Å². The van der Waals surface area contributed by atoms with Crippen molar-refractivity contribution in [1.29, 1.82) is 0 Å². The van der Waals surface area contributed by atoms with Crippen LogP contribution in [0.15, 0.2) is 6.20 Å². The molecule has 1 heterocycles. The number of hydrogen-bond donors (Lipinski definition) is 3. The number of anilines is 2. The summed E-state index contributed by atoms with van der Waals surface area (Å²) in [6.45, 7) is 5.36. The van der Waals surface area contributed by atoms with Gasteiger partial charge >= 0.3 is 0 Å². The Morgan fingerprint density at radius 3 is 2.80 bits per heavy atom. The van der Waals surface area contributed by atoms with E-state index in [0.717, 1.165) is 24.5 Å². The summed E-state index contributed by atoms with van der Waals surface area (Å²) in [4.78, 5) is 0. The van der Waals surface area contributed by atoms with Crippen LogP contribution >= 0.6 is 0 Å². The minimum atomic E-state index is -0.341. The van der Waals surface area contributed by atoms with Gasteiger partial charge < -0.3 is 15.7 Å². The molecule has 0 saturated heterocycles. The number of nitrogens with one attached hydrogen (secondary N) is 2. The highest BCUT2D eigenvalue weighted by Gasteiger charge is 2.11. The largest absolute Gasteiger partial charge is 0.391 e. The van der Waals surface area contributed by atoms with E-state index in [-0.39, 0.29) is 6.10 Å². The Morgan fingerprint density at radius 2 is 2.27 bits per heavy atom. The van der Waals surface area contributed by atoms with Crippen molar-refractivity contribution >= 4 is 11.5 Å². The molecule has 5 nitrogen and oxygen atoms in total. The molecule has 15 heavy (non-hydrogen) atoms. The summed E-state index contributed by atoms with van der Waals surface area (Å²) >= 11 is 0. The van der Waals surface area contributed by atoms with Crippen LogP contribution in [0.1, 0.15) is 20.3 Å². The van der Waals surface area contributed by atoms with Gasteiger partial charge in [0.2, 0.25) is 0 Å². The SMILES string of the molecule is CCNc1c(NC)cnn1CC(O)CC. The van der Waals surface area contributed by atoms with E-state index in [9.17, 15) is 5.11 Å². The van der Waals surface area contributed by atoms with Crippen molar-refractivity contribution in [2.45, 2.75) is 32.9 Å². The molecule has 0 radical (unpaired) electrons. The first kappa shape index (κ1) is 11.8. The van der Waals surface area contributed by atoms with Crippen molar-refractivity contribution in [3.05, 3.63) is 6.20 Å². The molecule has 0 fully saturated rings.